The van der Waals surface area contributed by atoms with E-state index in [1.807, 2.05) is 6.07 Å². The van der Waals surface area contributed by atoms with Gasteiger partial charge < -0.3 is 15.2 Å². The maximum Gasteiger partial charge on any atom is 0.138 e. The number of halogens is 1. The molecule has 0 bridgehead atoms. The second-order valence-corrected chi connectivity index (χ2v) is 5.93. The van der Waals surface area contributed by atoms with E-state index in [-0.39, 0.29) is 11.5 Å². The number of hydrogen-bond acceptors (Lipinski definition) is 3. The molecule has 1 aliphatic carbocycles. The highest BCUT2D eigenvalue weighted by Gasteiger charge is 2.40. The van der Waals surface area contributed by atoms with Crippen LogP contribution in [0.2, 0.25) is 0 Å². The van der Waals surface area contributed by atoms with Crippen LogP contribution in [0.25, 0.3) is 0 Å². The van der Waals surface area contributed by atoms with Gasteiger partial charge in [0.15, 0.2) is 0 Å². The van der Waals surface area contributed by atoms with Gasteiger partial charge >= 0.3 is 0 Å². The molecule has 1 aliphatic rings. The first-order chi connectivity index (χ1) is 7.92. The second-order valence-electron chi connectivity index (χ2n) is 5.08. The first kappa shape index (κ1) is 12.7. The zero-order valence-corrected chi connectivity index (χ0v) is 12.2. The first-order valence-electron chi connectivity index (χ1n) is 5.62. The highest BCUT2D eigenvalue weighted by Crippen LogP contribution is 2.53. The summed E-state index contributed by atoms with van der Waals surface area (Å²) in [4.78, 5) is 0. The van der Waals surface area contributed by atoms with E-state index in [9.17, 15) is 0 Å². The van der Waals surface area contributed by atoms with Gasteiger partial charge in [-0.25, -0.2) is 0 Å². The Bertz CT molecular complexity index is 457. The molecule has 1 aromatic carbocycles. The zero-order valence-electron chi connectivity index (χ0n) is 10.6. The molecular weight excluding hydrogens is 282 g/mol. The van der Waals surface area contributed by atoms with Crippen LogP contribution < -0.4 is 15.2 Å². The molecule has 17 heavy (non-hydrogen) atoms. The van der Waals surface area contributed by atoms with Gasteiger partial charge in [-0.05, 0) is 33.8 Å². The molecule has 4 heteroatoms. The van der Waals surface area contributed by atoms with Crippen molar-refractivity contribution in [1.29, 1.82) is 0 Å². The van der Waals surface area contributed by atoms with Gasteiger partial charge in [0.25, 0.3) is 0 Å². The lowest BCUT2D eigenvalue weighted by Gasteiger charge is -2.22. The number of hydrogen-bond donors (Lipinski definition) is 1. The summed E-state index contributed by atoms with van der Waals surface area (Å²) in [5, 5.41) is 0. The van der Waals surface area contributed by atoms with Crippen LogP contribution >= 0.6 is 15.9 Å². The minimum Gasteiger partial charge on any atom is -0.496 e. The smallest absolute Gasteiger partial charge is 0.138 e. The molecule has 0 radical (unpaired) electrons. The summed E-state index contributed by atoms with van der Waals surface area (Å²) in [5.74, 6) is 1.71. The summed E-state index contributed by atoms with van der Waals surface area (Å²) < 4.78 is 11.8. The molecule has 0 saturated carbocycles. The van der Waals surface area contributed by atoms with Crippen LogP contribution in [0.3, 0.4) is 0 Å². The van der Waals surface area contributed by atoms with Gasteiger partial charge in [0.2, 0.25) is 0 Å². The molecule has 1 atom stereocenters. The molecule has 94 valence electrons. The van der Waals surface area contributed by atoms with Crippen molar-refractivity contribution < 1.29 is 9.47 Å². The molecule has 0 amide bonds. The molecule has 0 fully saturated rings. The van der Waals surface area contributed by atoms with E-state index in [1.54, 1.807) is 14.2 Å². The molecule has 0 aliphatic heterocycles. The van der Waals surface area contributed by atoms with Crippen molar-refractivity contribution in [1.82, 2.24) is 0 Å². The molecule has 3 nitrogen and oxygen atoms in total. The summed E-state index contributed by atoms with van der Waals surface area (Å²) in [5.41, 5.74) is 8.50. The Labute approximate surface area is 110 Å². The monoisotopic (exact) mass is 299 g/mol. The van der Waals surface area contributed by atoms with Crippen molar-refractivity contribution in [2.24, 2.45) is 5.73 Å². The third-order valence-corrected chi connectivity index (χ3v) is 4.03. The van der Waals surface area contributed by atoms with E-state index in [0.29, 0.717) is 0 Å². The molecule has 0 heterocycles. The van der Waals surface area contributed by atoms with Crippen molar-refractivity contribution in [3.05, 3.63) is 21.7 Å². The van der Waals surface area contributed by atoms with E-state index >= 15 is 0 Å². The van der Waals surface area contributed by atoms with Crippen LogP contribution in [0.15, 0.2) is 10.5 Å². The van der Waals surface area contributed by atoms with Gasteiger partial charge in [-0.3, -0.25) is 0 Å². The zero-order chi connectivity index (χ0) is 12.8. The number of benzene rings is 1. The summed E-state index contributed by atoms with van der Waals surface area (Å²) >= 11 is 3.51. The maximum atomic E-state index is 6.23. The van der Waals surface area contributed by atoms with Crippen molar-refractivity contribution >= 4 is 15.9 Å². The third-order valence-electron chi connectivity index (χ3n) is 3.44. The quantitative estimate of drug-likeness (QED) is 0.912. The average Bonchev–Trinajstić information content (AvgIpc) is 2.48. The van der Waals surface area contributed by atoms with Gasteiger partial charge in [0.05, 0.1) is 18.7 Å². The van der Waals surface area contributed by atoms with Crippen LogP contribution in [-0.4, -0.2) is 14.2 Å². The lowest BCUT2D eigenvalue weighted by Crippen LogP contribution is -2.15. The van der Waals surface area contributed by atoms with E-state index < -0.39 is 0 Å². The van der Waals surface area contributed by atoms with Crippen molar-refractivity contribution in [2.75, 3.05) is 14.2 Å². The van der Waals surface area contributed by atoms with Crippen LogP contribution in [0, 0.1) is 0 Å². The molecule has 2 rings (SSSR count). The first-order valence-corrected chi connectivity index (χ1v) is 6.42. The minimum atomic E-state index is 0.00125. The maximum absolute atomic E-state index is 6.23. The van der Waals surface area contributed by atoms with Gasteiger partial charge in [-0.1, -0.05) is 13.8 Å². The molecule has 0 aromatic heterocycles. The highest BCUT2D eigenvalue weighted by molar-refractivity contribution is 9.10. The molecule has 0 saturated heterocycles. The highest BCUT2D eigenvalue weighted by atomic mass is 79.9. The Balaban J connectivity index is 2.77. The number of methoxy groups -OCH3 is 2. The van der Waals surface area contributed by atoms with E-state index in [1.165, 1.54) is 5.56 Å². The summed E-state index contributed by atoms with van der Waals surface area (Å²) in [6.45, 7) is 4.38. The lowest BCUT2D eigenvalue weighted by atomic mass is 9.86. The summed E-state index contributed by atoms with van der Waals surface area (Å²) in [7, 11) is 3.36. The van der Waals surface area contributed by atoms with Crippen molar-refractivity contribution in [2.45, 2.75) is 31.7 Å². The van der Waals surface area contributed by atoms with Gasteiger partial charge in [0, 0.05) is 17.2 Å². The standard InChI is InChI=1S/C13H18BrNO2/c1-13(2)6-8(15)10-11(13)9(16-3)5-7(14)12(10)17-4/h5,8H,6,15H2,1-4H3/t8-/m1/s1. The van der Waals surface area contributed by atoms with Crippen LogP contribution in [-0.2, 0) is 5.41 Å². The third kappa shape index (κ3) is 1.83. The second kappa shape index (κ2) is 4.18. The minimum absolute atomic E-state index is 0.00125. The molecule has 0 spiro atoms. The van der Waals surface area contributed by atoms with Crippen LogP contribution in [0.4, 0.5) is 0 Å². The van der Waals surface area contributed by atoms with Crippen molar-refractivity contribution in [3.8, 4) is 11.5 Å². The molecule has 2 N–H and O–H groups in total. The van der Waals surface area contributed by atoms with Crippen molar-refractivity contribution in [3.63, 3.8) is 0 Å². The fourth-order valence-electron chi connectivity index (χ4n) is 2.80. The fraction of sp³-hybridized carbons (Fsp3) is 0.538. The van der Waals surface area contributed by atoms with E-state index in [0.717, 1.165) is 28.0 Å². The SMILES string of the molecule is COc1cc(Br)c(OC)c2c1C(C)(C)C[C@H]2N. The number of nitrogens with two attached hydrogens (primary N) is 1. The topological polar surface area (TPSA) is 44.5 Å². The largest absolute Gasteiger partial charge is 0.496 e. The molecule has 1 aromatic rings. The number of ether oxygens (including phenoxy) is 2. The van der Waals surface area contributed by atoms with Crippen LogP contribution in [0.1, 0.15) is 37.4 Å². The summed E-state index contributed by atoms with van der Waals surface area (Å²) in [6.07, 6.45) is 0.908. The Hall–Kier alpha value is -0.740. The number of fused-ring (bicyclic) bond motifs is 1. The Kier molecular flexibility index (Phi) is 3.12. The Morgan fingerprint density at radius 1 is 1.35 bits per heavy atom. The Morgan fingerprint density at radius 2 is 2.00 bits per heavy atom. The summed E-state index contributed by atoms with van der Waals surface area (Å²) in [6, 6.07) is 1.96. The normalized spacial score (nSPS) is 21.2. The van der Waals surface area contributed by atoms with E-state index in [2.05, 4.69) is 29.8 Å². The fourth-order valence-corrected chi connectivity index (χ4v) is 3.39. The molecule has 0 unspecified atom stereocenters. The van der Waals surface area contributed by atoms with Gasteiger partial charge in [0.1, 0.15) is 11.5 Å². The lowest BCUT2D eigenvalue weighted by molar-refractivity contribution is 0.387. The number of rotatable bonds is 2. The predicted octanol–water partition coefficient (Wildman–Crippen LogP) is 3.15. The Morgan fingerprint density at radius 3 is 2.53 bits per heavy atom. The predicted molar refractivity (Wildman–Crippen MR) is 71.8 cm³/mol. The van der Waals surface area contributed by atoms with Gasteiger partial charge in [-0.15, -0.1) is 0 Å². The van der Waals surface area contributed by atoms with Gasteiger partial charge in [-0.2, -0.15) is 0 Å². The van der Waals surface area contributed by atoms with E-state index in [4.69, 9.17) is 15.2 Å². The molecular formula is C13H18BrNO2. The average molecular weight is 300 g/mol. The van der Waals surface area contributed by atoms with Crippen LogP contribution in [0.5, 0.6) is 11.5 Å².